The second-order valence-electron chi connectivity index (χ2n) is 7.42. The minimum absolute atomic E-state index is 0.137. The molecule has 29 heavy (non-hydrogen) atoms. The zero-order valence-corrected chi connectivity index (χ0v) is 16.3. The number of aliphatic carboxylic acids is 1. The predicted octanol–water partition coefficient (Wildman–Crippen LogP) is 5.19. The molecule has 0 saturated heterocycles. The Hall–Kier alpha value is -2.80. The summed E-state index contributed by atoms with van der Waals surface area (Å²) in [6, 6.07) is 7.06. The van der Waals surface area contributed by atoms with Gasteiger partial charge in [0.15, 0.2) is 11.6 Å². The van der Waals surface area contributed by atoms with Crippen molar-refractivity contribution in [2.75, 3.05) is 5.32 Å². The quantitative estimate of drug-likeness (QED) is 0.637. The zero-order valence-electron chi connectivity index (χ0n) is 15.6. The van der Waals surface area contributed by atoms with Crippen molar-refractivity contribution in [3.63, 3.8) is 0 Å². The number of carbonyl (C=O) groups excluding carboxylic acids is 1. The molecule has 152 valence electrons. The van der Waals surface area contributed by atoms with E-state index in [1.54, 1.807) is 12.1 Å². The van der Waals surface area contributed by atoms with Crippen LogP contribution >= 0.6 is 11.6 Å². The largest absolute Gasteiger partial charge is 0.481 e. The molecule has 1 spiro atoms. The molecular formula is C21H20ClFN2O4. The molecule has 0 bridgehead atoms. The number of urea groups is 1. The van der Waals surface area contributed by atoms with Crippen LogP contribution in [0.25, 0.3) is 0 Å². The van der Waals surface area contributed by atoms with E-state index in [1.807, 2.05) is 0 Å². The number of carboxylic acid groups (broad SMARTS) is 1. The first-order valence-electron chi connectivity index (χ1n) is 9.49. The smallest absolute Gasteiger partial charge is 0.319 e. The molecule has 2 aromatic carbocycles. The molecule has 1 fully saturated rings. The lowest BCUT2D eigenvalue weighted by atomic mass is 9.74. The Morgan fingerprint density at radius 2 is 1.97 bits per heavy atom. The van der Waals surface area contributed by atoms with Crippen LogP contribution in [0.3, 0.4) is 0 Å². The van der Waals surface area contributed by atoms with Crippen molar-refractivity contribution in [3.8, 4) is 11.5 Å². The van der Waals surface area contributed by atoms with Gasteiger partial charge in [-0.15, -0.1) is 0 Å². The van der Waals surface area contributed by atoms with Crippen LogP contribution in [0.4, 0.5) is 14.9 Å². The van der Waals surface area contributed by atoms with Gasteiger partial charge in [0.1, 0.15) is 5.75 Å². The molecule has 2 amide bonds. The van der Waals surface area contributed by atoms with E-state index >= 15 is 0 Å². The van der Waals surface area contributed by atoms with Crippen LogP contribution < -0.4 is 15.4 Å². The molecule has 8 heteroatoms. The number of rotatable bonds is 4. The lowest BCUT2D eigenvalue weighted by molar-refractivity contribution is -0.136. The number of amides is 2. The van der Waals surface area contributed by atoms with E-state index in [0.29, 0.717) is 34.9 Å². The van der Waals surface area contributed by atoms with Crippen LogP contribution in [0.5, 0.6) is 11.5 Å². The third kappa shape index (κ3) is 3.62. The van der Waals surface area contributed by atoms with Crippen molar-refractivity contribution in [1.29, 1.82) is 0 Å². The van der Waals surface area contributed by atoms with Crippen molar-refractivity contribution in [2.24, 2.45) is 0 Å². The number of benzene rings is 2. The molecule has 2 aliphatic rings. The first kappa shape index (κ1) is 19.5. The number of ether oxygens (including phenoxy) is 1. The average molecular weight is 419 g/mol. The van der Waals surface area contributed by atoms with Gasteiger partial charge < -0.3 is 20.5 Å². The summed E-state index contributed by atoms with van der Waals surface area (Å²) in [6.45, 7) is 0. The highest BCUT2D eigenvalue weighted by Crippen LogP contribution is 2.50. The Labute approximate surface area is 172 Å². The highest BCUT2D eigenvalue weighted by atomic mass is 35.5. The van der Waals surface area contributed by atoms with E-state index in [0.717, 1.165) is 19.3 Å². The van der Waals surface area contributed by atoms with E-state index in [9.17, 15) is 14.0 Å². The molecule has 3 N–H and O–H groups in total. The zero-order chi connectivity index (χ0) is 20.6. The summed E-state index contributed by atoms with van der Waals surface area (Å²) < 4.78 is 20.5. The van der Waals surface area contributed by atoms with Crippen molar-refractivity contribution >= 4 is 29.3 Å². The van der Waals surface area contributed by atoms with Crippen LogP contribution in [0.1, 0.15) is 43.2 Å². The summed E-state index contributed by atoms with van der Waals surface area (Å²) in [7, 11) is 0. The minimum Gasteiger partial charge on any atom is -0.481 e. The van der Waals surface area contributed by atoms with E-state index < -0.39 is 17.3 Å². The van der Waals surface area contributed by atoms with Crippen molar-refractivity contribution < 1.29 is 23.8 Å². The first-order chi connectivity index (χ1) is 13.9. The molecule has 4 rings (SSSR count). The Kier molecular flexibility index (Phi) is 5.08. The van der Waals surface area contributed by atoms with E-state index in [-0.39, 0.29) is 23.8 Å². The standard InChI is InChI=1S/C21H20ClFN2O4/c22-13-7-8-15(29-19-12(11-16(26)27)5-4-6-14(19)23)17-18(13)24-20(28)25-21(17)9-2-1-3-10-21/h4-8H,1-3,9-11H2,(H,26,27)(H2,24,25,28). The summed E-state index contributed by atoms with van der Waals surface area (Å²) in [5, 5.41) is 15.3. The van der Waals surface area contributed by atoms with Crippen LogP contribution in [0, 0.1) is 5.82 Å². The fourth-order valence-corrected chi connectivity index (χ4v) is 4.48. The number of anilines is 1. The second-order valence-corrected chi connectivity index (χ2v) is 7.83. The fourth-order valence-electron chi connectivity index (χ4n) is 4.28. The molecule has 0 radical (unpaired) electrons. The number of carboxylic acids is 1. The summed E-state index contributed by atoms with van der Waals surface area (Å²) in [4.78, 5) is 23.5. The molecule has 1 saturated carbocycles. The maximum Gasteiger partial charge on any atom is 0.319 e. The number of hydrogen-bond acceptors (Lipinski definition) is 3. The van der Waals surface area contributed by atoms with Gasteiger partial charge >= 0.3 is 12.0 Å². The van der Waals surface area contributed by atoms with Gasteiger partial charge in [0.25, 0.3) is 0 Å². The topological polar surface area (TPSA) is 87.7 Å². The Morgan fingerprint density at radius 1 is 1.21 bits per heavy atom. The number of fused-ring (bicyclic) bond motifs is 2. The summed E-state index contributed by atoms with van der Waals surface area (Å²) in [6.07, 6.45) is 3.97. The van der Waals surface area contributed by atoms with Crippen LogP contribution in [-0.4, -0.2) is 17.1 Å². The van der Waals surface area contributed by atoms with Crippen LogP contribution in [0.2, 0.25) is 5.02 Å². The van der Waals surface area contributed by atoms with Gasteiger partial charge in [0.05, 0.1) is 22.7 Å². The van der Waals surface area contributed by atoms with Gasteiger partial charge in [-0.2, -0.15) is 0 Å². The maximum atomic E-state index is 14.6. The third-order valence-electron chi connectivity index (χ3n) is 5.50. The van der Waals surface area contributed by atoms with Crippen LogP contribution in [-0.2, 0) is 16.8 Å². The van der Waals surface area contributed by atoms with Crippen molar-refractivity contribution in [2.45, 2.75) is 44.1 Å². The molecule has 1 heterocycles. The highest BCUT2D eigenvalue weighted by molar-refractivity contribution is 6.34. The van der Waals surface area contributed by atoms with Crippen molar-refractivity contribution in [3.05, 3.63) is 52.3 Å². The molecular weight excluding hydrogens is 399 g/mol. The first-order valence-corrected chi connectivity index (χ1v) is 9.86. The lowest BCUT2D eigenvalue weighted by Gasteiger charge is -2.43. The number of hydrogen-bond donors (Lipinski definition) is 3. The monoisotopic (exact) mass is 418 g/mol. The molecule has 0 aromatic heterocycles. The molecule has 1 aliphatic carbocycles. The summed E-state index contributed by atoms with van der Waals surface area (Å²) in [5.74, 6) is -1.54. The Balaban J connectivity index is 1.85. The number of nitrogens with one attached hydrogen (secondary N) is 2. The van der Waals surface area contributed by atoms with E-state index in [4.69, 9.17) is 21.4 Å². The highest BCUT2D eigenvalue weighted by Gasteiger charge is 2.43. The van der Waals surface area contributed by atoms with E-state index in [1.165, 1.54) is 18.2 Å². The second kappa shape index (κ2) is 7.55. The third-order valence-corrected chi connectivity index (χ3v) is 5.81. The predicted molar refractivity (Wildman–Crippen MR) is 106 cm³/mol. The average Bonchev–Trinajstić information content (AvgIpc) is 2.66. The molecule has 2 aromatic rings. The SMILES string of the molecule is O=C(O)Cc1cccc(F)c1Oc1ccc(Cl)c2c1C1(CCCCC1)NC(=O)N2. The van der Waals surface area contributed by atoms with Gasteiger partial charge in [-0.3, -0.25) is 4.79 Å². The number of para-hydroxylation sites is 1. The van der Waals surface area contributed by atoms with Gasteiger partial charge in [0, 0.05) is 11.1 Å². The Morgan fingerprint density at radius 3 is 2.69 bits per heavy atom. The van der Waals surface area contributed by atoms with Crippen molar-refractivity contribution in [1.82, 2.24) is 5.32 Å². The fraction of sp³-hybridized carbons (Fsp3) is 0.333. The minimum atomic E-state index is -1.09. The van der Waals surface area contributed by atoms with E-state index in [2.05, 4.69) is 10.6 Å². The van der Waals surface area contributed by atoms with Gasteiger partial charge in [-0.05, 0) is 31.0 Å². The number of carbonyl (C=O) groups is 2. The van der Waals surface area contributed by atoms with Gasteiger partial charge in [-0.25, -0.2) is 9.18 Å². The molecule has 0 atom stereocenters. The van der Waals surface area contributed by atoms with Crippen LogP contribution in [0.15, 0.2) is 30.3 Å². The normalized spacial score (nSPS) is 17.2. The lowest BCUT2D eigenvalue weighted by Crippen LogP contribution is -2.52. The summed E-state index contributed by atoms with van der Waals surface area (Å²) in [5.41, 5.74) is 0.695. The van der Waals surface area contributed by atoms with Gasteiger partial charge in [-0.1, -0.05) is 43.0 Å². The Bertz CT molecular complexity index is 989. The number of halogens is 2. The molecule has 1 aliphatic heterocycles. The van der Waals surface area contributed by atoms with Gasteiger partial charge in [0.2, 0.25) is 0 Å². The molecule has 6 nitrogen and oxygen atoms in total. The summed E-state index contributed by atoms with van der Waals surface area (Å²) >= 11 is 6.37. The maximum absolute atomic E-state index is 14.6. The molecule has 0 unspecified atom stereocenters.